The van der Waals surface area contributed by atoms with E-state index >= 15 is 0 Å². The standard InChI is InChI=1S/C27H42N2O10/c1-9-27(6,7)39-23-17(4)38-26(32)19(13-34-14-21(23)35-12-16(2)3)29-25(31)22-24(37-15-36-18(5)30)20(33-8)10-11-28-22/h10-11,16-17,19,21,23H,9,12-15H2,1-8H3,(H,29,31). The van der Waals surface area contributed by atoms with E-state index in [9.17, 15) is 14.4 Å². The molecule has 1 N–H and O–H groups in total. The largest absolute Gasteiger partial charge is 0.493 e. The van der Waals surface area contributed by atoms with Crippen LogP contribution in [-0.2, 0) is 33.3 Å². The summed E-state index contributed by atoms with van der Waals surface area (Å²) in [5, 5.41) is 2.61. The summed E-state index contributed by atoms with van der Waals surface area (Å²) in [7, 11) is 1.39. The number of carbonyl (C=O) groups is 3. The van der Waals surface area contributed by atoms with Crippen molar-refractivity contribution in [1.82, 2.24) is 10.3 Å². The molecule has 0 spiro atoms. The Labute approximate surface area is 230 Å². The van der Waals surface area contributed by atoms with E-state index in [1.54, 1.807) is 6.92 Å². The van der Waals surface area contributed by atoms with Crippen LogP contribution in [-0.4, -0.2) is 86.5 Å². The van der Waals surface area contributed by atoms with Gasteiger partial charge < -0.3 is 38.5 Å². The Morgan fingerprint density at radius 2 is 1.97 bits per heavy atom. The number of hydrogen-bond donors (Lipinski definition) is 1. The molecule has 1 aromatic heterocycles. The van der Waals surface area contributed by atoms with Gasteiger partial charge in [-0.05, 0) is 33.1 Å². The Kier molecular flexibility index (Phi) is 12.4. The summed E-state index contributed by atoms with van der Waals surface area (Å²) in [6, 6.07) is 0.326. The highest BCUT2D eigenvalue weighted by atomic mass is 16.7. The second-order valence-electron chi connectivity index (χ2n) is 10.3. The first-order valence-corrected chi connectivity index (χ1v) is 13.1. The maximum absolute atomic E-state index is 13.2. The number of pyridine rings is 1. The highest BCUT2D eigenvalue weighted by Crippen LogP contribution is 2.30. The summed E-state index contributed by atoms with van der Waals surface area (Å²) < 4.78 is 39.6. The molecule has 0 radical (unpaired) electrons. The van der Waals surface area contributed by atoms with Crippen molar-refractivity contribution in [3.63, 3.8) is 0 Å². The zero-order valence-electron chi connectivity index (χ0n) is 24.1. The second-order valence-corrected chi connectivity index (χ2v) is 10.3. The van der Waals surface area contributed by atoms with Crippen molar-refractivity contribution in [3.05, 3.63) is 18.0 Å². The molecule has 1 fully saturated rings. The van der Waals surface area contributed by atoms with E-state index in [4.69, 9.17) is 33.2 Å². The molecule has 1 aliphatic heterocycles. The predicted molar refractivity (Wildman–Crippen MR) is 139 cm³/mol. The summed E-state index contributed by atoms with van der Waals surface area (Å²) in [5.41, 5.74) is -0.668. The van der Waals surface area contributed by atoms with E-state index in [1.165, 1.54) is 26.3 Å². The number of rotatable bonds is 12. The van der Waals surface area contributed by atoms with Crippen LogP contribution < -0.4 is 14.8 Å². The molecule has 2 heterocycles. The quantitative estimate of drug-likeness (QED) is 0.301. The maximum atomic E-state index is 13.2. The Morgan fingerprint density at radius 3 is 2.59 bits per heavy atom. The minimum atomic E-state index is -1.15. The van der Waals surface area contributed by atoms with E-state index in [1.807, 2.05) is 34.6 Å². The summed E-state index contributed by atoms with van der Waals surface area (Å²) >= 11 is 0. The van der Waals surface area contributed by atoms with Gasteiger partial charge in [-0.3, -0.25) is 9.59 Å². The molecule has 1 aliphatic rings. The molecule has 2 rings (SSSR count). The molecule has 220 valence electrons. The third-order valence-corrected chi connectivity index (χ3v) is 6.01. The van der Waals surface area contributed by atoms with Crippen LogP contribution in [0.1, 0.15) is 65.4 Å². The van der Waals surface area contributed by atoms with Gasteiger partial charge in [0.15, 0.2) is 23.2 Å². The number of amides is 1. The molecular weight excluding hydrogens is 512 g/mol. The van der Waals surface area contributed by atoms with Crippen LogP contribution in [0.4, 0.5) is 0 Å². The Balaban J connectivity index is 2.25. The first-order valence-electron chi connectivity index (χ1n) is 13.1. The fourth-order valence-corrected chi connectivity index (χ4v) is 3.57. The van der Waals surface area contributed by atoms with Crippen LogP contribution in [0.15, 0.2) is 12.3 Å². The van der Waals surface area contributed by atoms with Gasteiger partial charge in [0.05, 0.1) is 25.9 Å². The van der Waals surface area contributed by atoms with Gasteiger partial charge in [0.25, 0.3) is 5.91 Å². The first-order chi connectivity index (χ1) is 18.4. The number of methoxy groups -OCH3 is 1. The van der Waals surface area contributed by atoms with Crippen molar-refractivity contribution in [2.75, 3.05) is 33.7 Å². The highest BCUT2D eigenvalue weighted by Gasteiger charge is 2.39. The molecule has 4 unspecified atom stereocenters. The minimum Gasteiger partial charge on any atom is -0.493 e. The minimum absolute atomic E-state index is 0.0538. The van der Waals surface area contributed by atoms with Gasteiger partial charge in [-0.25, -0.2) is 9.78 Å². The zero-order valence-corrected chi connectivity index (χ0v) is 24.1. The normalized spacial score (nSPS) is 22.2. The number of carbonyl (C=O) groups excluding carboxylic acids is 3. The molecule has 4 atom stereocenters. The van der Waals surface area contributed by atoms with Crippen molar-refractivity contribution in [2.24, 2.45) is 5.92 Å². The molecule has 0 saturated carbocycles. The van der Waals surface area contributed by atoms with Gasteiger partial charge in [0.2, 0.25) is 6.79 Å². The van der Waals surface area contributed by atoms with Crippen LogP contribution in [0.2, 0.25) is 0 Å². The number of esters is 2. The lowest BCUT2D eigenvalue weighted by Gasteiger charge is -2.37. The summed E-state index contributed by atoms with van der Waals surface area (Å²) in [6.07, 6.45) is 0.283. The summed E-state index contributed by atoms with van der Waals surface area (Å²) in [5.74, 6) is -1.60. The Morgan fingerprint density at radius 1 is 1.26 bits per heavy atom. The van der Waals surface area contributed by atoms with Gasteiger partial charge >= 0.3 is 11.9 Å². The Bertz CT molecular complexity index is 968. The fraction of sp³-hybridized carbons (Fsp3) is 0.704. The van der Waals surface area contributed by atoms with Crippen molar-refractivity contribution < 1.29 is 47.5 Å². The van der Waals surface area contributed by atoms with Crippen LogP contribution in [0, 0.1) is 5.92 Å². The fourth-order valence-electron chi connectivity index (χ4n) is 3.57. The maximum Gasteiger partial charge on any atom is 0.331 e. The number of aromatic nitrogens is 1. The van der Waals surface area contributed by atoms with E-state index in [2.05, 4.69) is 10.3 Å². The van der Waals surface area contributed by atoms with Crippen LogP contribution >= 0.6 is 0 Å². The average molecular weight is 555 g/mol. The number of hydrogen-bond acceptors (Lipinski definition) is 11. The third kappa shape index (κ3) is 9.94. The van der Waals surface area contributed by atoms with Crippen molar-refractivity contribution >= 4 is 17.8 Å². The SMILES string of the molecule is CCC(C)(C)OC1C(C)OC(=O)C(NC(=O)c2nccc(OC)c2OCOC(C)=O)COCC1OCC(C)C. The van der Waals surface area contributed by atoms with E-state index in [0.717, 1.165) is 6.42 Å². The molecular formula is C27H42N2O10. The Hall–Kier alpha value is -2.96. The molecule has 1 saturated heterocycles. The zero-order chi connectivity index (χ0) is 29.2. The monoisotopic (exact) mass is 554 g/mol. The number of ether oxygens (including phenoxy) is 7. The lowest BCUT2D eigenvalue weighted by Crippen LogP contribution is -2.49. The number of nitrogens with zero attached hydrogens (tertiary/aromatic N) is 1. The molecule has 0 aliphatic carbocycles. The number of cyclic esters (lactones) is 1. The van der Waals surface area contributed by atoms with Crippen LogP contribution in [0.5, 0.6) is 11.5 Å². The molecule has 1 amide bonds. The van der Waals surface area contributed by atoms with E-state index < -0.39 is 54.6 Å². The lowest BCUT2D eigenvalue weighted by molar-refractivity contribution is -0.194. The topological polar surface area (TPSA) is 141 Å². The van der Waals surface area contributed by atoms with Crippen molar-refractivity contribution in [2.45, 2.75) is 84.8 Å². The first kappa shape index (κ1) is 32.3. The average Bonchev–Trinajstić information content (AvgIpc) is 2.92. The molecule has 0 bridgehead atoms. The van der Waals surface area contributed by atoms with Gasteiger partial charge in [0.1, 0.15) is 18.3 Å². The lowest BCUT2D eigenvalue weighted by atomic mass is 10.0. The molecule has 12 nitrogen and oxygen atoms in total. The van der Waals surface area contributed by atoms with E-state index in [0.29, 0.717) is 6.61 Å². The highest BCUT2D eigenvalue weighted by molar-refractivity contribution is 5.98. The molecule has 12 heteroatoms. The summed E-state index contributed by atoms with van der Waals surface area (Å²) in [6.45, 7) is 12.9. The van der Waals surface area contributed by atoms with Crippen LogP contribution in [0.3, 0.4) is 0 Å². The second kappa shape index (κ2) is 15.0. The molecule has 1 aromatic rings. The van der Waals surface area contributed by atoms with Gasteiger partial charge in [0, 0.05) is 25.8 Å². The van der Waals surface area contributed by atoms with Gasteiger partial charge in [-0.2, -0.15) is 0 Å². The predicted octanol–water partition coefficient (Wildman–Crippen LogP) is 2.66. The molecule has 39 heavy (non-hydrogen) atoms. The third-order valence-electron chi connectivity index (χ3n) is 6.01. The molecule has 0 aromatic carbocycles. The van der Waals surface area contributed by atoms with Gasteiger partial charge in [-0.1, -0.05) is 20.8 Å². The van der Waals surface area contributed by atoms with Crippen LogP contribution in [0.25, 0.3) is 0 Å². The van der Waals surface area contributed by atoms with Crippen molar-refractivity contribution in [1.29, 1.82) is 0 Å². The number of nitrogens with one attached hydrogen (secondary N) is 1. The van der Waals surface area contributed by atoms with Crippen molar-refractivity contribution in [3.8, 4) is 11.5 Å². The smallest absolute Gasteiger partial charge is 0.331 e. The van der Waals surface area contributed by atoms with Gasteiger partial charge in [-0.15, -0.1) is 0 Å². The van der Waals surface area contributed by atoms with E-state index in [-0.39, 0.29) is 36.3 Å². The summed E-state index contributed by atoms with van der Waals surface area (Å²) in [4.78, 5) is 41.6.